The van der Waals surface area contributed by atoms with Crippen LogP contribution in [0.15, 0.2) is 22.8 Å². The van der Waals surface area contributed by atoms with Crippen LogP contribution in [-0.4, -0.2) is 17.4 Å². The summed E-state index contributed by atoms with van der Waals surface area (Å²) in [7, 11) is 0. The predicted molar refractivity (Wildman–Crippen MR) is 53.5 cm³/mol. The lowest BCUT2D eigenvalue weighted by molar-refractivity contribution is -0.117. The highest BCUT2D eigenvalue weighted by atomic mass is 79.9. The number of anilines is 1. The molecule has 4 heteroatoms. The van der Waals surface area contributed by atoms with Crippen LogP contribution in [0.25, 0.3) is 0 Å². The first-order valence-corrected chi connectivity index (χ1v) is 4.98. The maximum absolute atomic E-state index is 11.4. The fourth-order valence-electron chi connectivity index (χ4n) is 1.43. The summed E-state index contributed by atoms with van der Waals surface area (Å²) in [6, 6.07) is 3.72. The highest BCUT2D eigenvalue weighted by molar-refractivity contribution is 9.10. The third kappa shape index (κ3) is 1.72. The van der Waals surface area contributed by atoms with Gasteiger partial charge in [-0.15, -0.1) is 0 Å². The Labute approximate surface area is 84.9 Å². The van der Waals surface area contributed by atoms with Gasteiger partial charge in [0, 0.05) is 23.6 Å². The fraction of sp³-hybridized carbons (Fsp3) is 0.333. The van der Waals surface area contributed by atoms with Crippen molar-refractivity contribution in [3.05, 3.63) is 22.8 Å². The van der Waals surface area contributed by atoms with Gasteiger partial charge in [-0.2, -0.15) is 0 Å². The van der Waals surface area contributed by atoms with Gasteiger partial charge in [-0.25, -0.2) is 4.98 Å². The first-order chi connectivity index (χ1) is 6.27. The summed E-state index contributed by atoms with van der Waals surface area (Å²) >= 11 is 3.35. The van der Waals surface area contributed by atoms with Crippen LogP contribution >= 0.6 is 15.9 Å². The zero-order chi connectivity index (χ0) is 9.26. The molecule has 3 nitrogen and oxygen atoms in total. The molecule has 1 aromatic heterocycles. The van der Waals surface area contributed by atoms with Crippen molar-refractivity contribution in [2.75, 3.05) is 11.4 Å². The second-order valence-corrected chi connectivity index (χ2v) is 3.90. The number of amides is 1. The van der Waals surface area contributed by atoms with Gasteiger partial charge in [0.1, 0.15) is 5.82 Å². The van der Waals surface area contributed by atoms with E-state index in [0.717, 1.165) is 23.3 Å². The van der Waals surface area contributed by atoms with Crippen molar-refractivity contribution in [3.8, 4) is 0 Å². The van der Waals surface area contributed by atoms with Gasteiger partial charge < -0.3 is 0 Å². The Hall–Kier alpha value is -0.900. The molecular formula is C9H9BrN2O. The molecule has 1 saturated heterocycles. The molecule has 0 atom stereocenters. The van der Waals surface area contributed by atoms with Gasteiger partial charge in [-0.05, 0) is 18.6 Å². The lowest BCUT2D eigenvalue weighted by atomic mass is 10.4. The van der Waals surface area contributed by atoms with Crippen molar-refractivity contribution in [2.24, 2.45) is 0 Å². The van der Waals surface area contributed by atoms with Crippen LogP contribution in [0.1, 0.15) is 12.8 Å². The minimum Gasteiger partial charge on any atom is -0.297 e. The van der Waals surface area contributed by atoms with E-state index < -0.39 is 0 Å². The summed E-state index contributed by atoms with van der Waals surface area (Å²) in [4.78, 5) is 17.2. The molecule has 0 N–H and O–H groups in total. The average Bonchev–Trinajstić information content (AvgIpc) is 2.51. The largest absolute Gasteiger partial charge is 0.297 e. The highest BCUT2D eigenvalue weighted by Crippen LogP contribution is 2.21. The van der Waals surface area contributed by atoms with Gasteiger partial charge in [0.05, 0.1) is 0 Å². The van der Waals surface area contributed by atoms with E-state index in [1.54, 1.807) is 11.1 Å². The van der Waals surface area contributed by atoms with Crippen LogP contribution in [0.4, 0.5) is 5.82 Å². The summed E-state index contributed by atoms with van der Waals surface area (Å²) < 4.78 is 0.956. The van der Waals surface area contributed by atoms with E-state index in [1.807, 2.05) is 12.1 Å². The molecule has 0 unspecified atom stereocenters. The Balaban J connectivity index is 2.29. The number of hydrogen-bond donors (Lipinski definition) is 0. The molecule has 1 aliphatic rings. The molecule has 0 radical (unpaired) electrons. The summed E-state index contributed by atoms with van der Waals surface area (Å²) in [5, 5.41) is 0. The molecule has 1 aliphatic heterocycles. The van der Waals surface area contributed by atoms with E-state index in [1.165, 1.54) is 0 Å². The van der Waals surface area contributed by atoms with Crippen LogP contribution in [0.5, 0.6) is 0 Å². The van der Waals surface area contributed by atoms with Gasteiger partial charge in [0.15, 0.2) is 0 Å². The first-order valence-electron chi connectivity index (χ1n) is 4.19. The third-order valence-corrected chi connectivity index (χ3v) is 2.55. The van der Waals surface area contributed by atoms with E-state index in [9.17, 15) is 4.79 Å². The quantitative estimate of drug-likeness (QED) is 0.753. The Kier molecular flexibility index (Phi) is 2.31. The van der Waals surface area contributed by atoms with Crippen LogP contribution in [0.3, 0.4) is 0 Å². The number of halogens is 1. The summed E-state index contributed by atoms with van der Waals surface area (Å²) in [6.45, 7) is 0.794. The van der Waals surface area contributed by atoms with E-state index in [4.69, 9.17) is 0 Å². The molecule has 0 bridgehead atoms. The predicted octanol–water partition coefficient (Wildman–Crippen LogP) is 1.97. The molecule has 0 aliphatic carbocycles. The first kappa shape index (κ1) is 8.69. The Morgan fingerprint density at radius 3 is 3.00 bits per heavy atom. The van der Waals surface area contributed by atoms with Crippen molar-refractivity contribution >= 4 is 27.7 Å². The topological polar surface area (TPSA) is 33.2 Å². The molecule has 2 heterocycles. The SMILES string of the molecule is O=C1CCCN1c1cc(Br)ccn1. The monoisotopic (exact) mass is 240 g/mol. The molecule has 2 rings (SSSR count). The number of nitrogens with zero attached hydrogens (tertiary/aromatic N) is 2. The molecular weight excluding hydrogens is 232 g/mol. The number of rotatable bonds is 1. The van der Waals surface area contributed by atoms with Gasteiger partial charge in [-0.3, -0.25) is 9.69 Å². The van der Waals surface area contributed by atoms with Crippen molar-refractivity contribution in [1.29, 1.82) is 0 Å². The van der Waals surface area contributed by atoms with E-state index in [2.05, 4.69) is 20.9 Å². The molecule has 1 fully saturated rings. The minimum absolute atomic E-state index is 0.172. The third-order valence-electron chi connectivity index (χ3n) is 2.06. The van der Waals surface area contributed by atoms with E-state index in [-0.39, 0.29) is 5.91 Å². The van der Waals surface area contributed by atoms with Crippen molar-refractivity contribution in [2.45, 2.75) is 12.8 Å². The average molecular weight is 241 g/mol. The van der Waals surface area contributed by atoms with Crippen LogP contribution in [-0.2, 0) is 4.79 Å². The number of aromatic nitrogens is 1. The minimum atomic E-state index is 0.172. The van der Waals surface area contributed by atoms with Crippen LogP contribution in [0.2, 0.25) is 0 Å². The summed E-state index contributed by atoms with van der Waals surface area (Å²) in [5.74, 6) is 0.919. The molecule has 1 amide bonds. The van der Waals surface area contributed by atoms with Crippen LogP contribution in [0, 0.1) is 0 Å². The van der Waals surface area contributed by atoms with Gasteiger partial charge in [0.2, 0.25) is 5.91 Å². The molecule has 68 valence electrons. The molecule has 0 spiro atoms. The Morgan fingerprint density at radius 1 is 1.54 bits per heavy atom. The number of hydrogen-bond acceptors (Lipinski definition) is 2. The van der Waals surface area contributed by atoms with Gasteiger partial charge in [-0.1, -0.05) is 15.9 Å². The second-order valence-electron chi connectivity index (χ2n) is 2.98. The lowest BCUT2D eigenvalue weighted by Gasteiger charge is -2.13. The molecule has 0 saturated carbocycles. The Bertz CT molecular complexity index is 340. The van der Waals surface area contributed by atoms with Gasteiger partial charge >= 0.3 is 0 Å². The maximum Gasteiger partial charge on any atom is 0.228 e. The van der Waals surface area contributed by atoms with E-state index in [0.29, 0.717) is 6.42 Å². The standard InChI is InChI=1S/C9H9BrN2O/c10-7-3-4-11-8(6-7)12-5-1-2-9(12)13/h3-4,6H,1-2,5H2. The van der Waals surface area contributed by atoms with Crippen molar-refractivity contribution in [3.63, 3.8) is 0 Å². The molecule has 1 aromatic rings. The molecule has 0 aromatic carbocycles. The zero-order valence-electron chi connectivity index (χ0n) is 7.03. The zero-order valence-corrected chi connectivity index (χ0v) is 8.62. The Morgan fingerprint density at radius 2 is 2.38 bits per heavy atom. The second kappa shape index (κ2) is 3.46. The fourth-order valence-corrected chi connectivity index (χ4v) is 1.75. The summed E-state index contributed by atoms with van der Waals surface area (Å²) in [5.41, 5.74) is 0. The van der Waals surface area contributed by atoms with Crippen LogP contribution < -0.4 is 4.90 Å². The number of carbonyl (C=O) groups excluding carboxylic acids is 1. The molecule has 13 heavy (non-hydrogen) atoms. The van der Waals surface area contributed by atoms with E-state index >= 15 is 0 Å². The van der Waals surface area contributed by atoms with Gasteiger partial charge in [0.25, 0.3) is 0 Å². The van der Waals surface area contributed by atoms with Crippen molar-refractivity contribution < 1.29 is 4.79 Å². The number of pyridine rings is 1. The smallest absolute Gasteiger partial charge is 0.228 e. The van der Waals surface area contributed by atoms with Crippen molar-refractivity contribution in [1.82, 2.24) is 4.98 Å². The maximum atomic E-state index is 11.4. The lowest BCUT2D eigenvalue weighted by Crippen LogP contribution is -2.24. The number of carbonyl (C=O) groups is 1. The normalized spacial score (nSPS) is 16.7. The summed E-state index contributed by atoms with van der Waals surface area (Å²) in [6.07, 6.45) is 3.28. The highest BCUT2D eigenvalue weighted by Gasteiger charge is 2.22.